The van der Waals surface area contributed by atoms with Crippen LogP contribution in [-0.4, -0.2) is 15.0 Å². The first kappa shape index (κ1) is 13.5. The molecule has 6 rings (SSSR count). The highest BCUT2D eigenvalue weighted by Gasteiger charge is 2.15. The van der Waals surface area contributed by atoms with Gasteiger partial charge in [-0.3, -0.25) is 0 Å². The van der Waals surface area contributed by atoms with E-state index in [0.29, 0.717) is 5.56 Å². The van der Waals surface area contributed by atoms with Gasteiger partial charge >= 0.3 is 0 Å². The summed E-state index contributed by atoms with van der Waals surface area (Å²) in [5.74, 6) is -0.0991. The molecule has 35 heavy (non-hydrogen) atoms. The number of aromatic nitrogens is 3. The lowest BCUT2D eigenvalue weighted by atomic mass is 9.94. The lowest BCUT2D eigenvalue weighted by Crippen LogP contribution is -1.99. The first-order valence-corrected chi connectivity index (χ1v) is 11.1. The molecular formula is C31H20ClN3. The molecule has 0 aliphatic carbocycles. The third kappa shape index (κ3) is 4.18. The Balaban J connectivity index is 1.61. The van der Waals surface area contributed by atoms with Crippen molar-refractivity contribution in [1.82, 2.24) is 15.0 Å². The van der Waals surface area contributed by atoms with Gasteiger partial charge in [-0.25, -0.2) is 4.98 Å². The summed E-state index contributed by atoms with van der Waals surface area (Å²) in [6.45, 7) is 0. The summed E-state index contributed by atoms with van der Waals surface area (Å²) < 4.78 is 75.5. The SMILES string of the molecule is [2H]c1c([2H])c([2H])c(-c2c([2H])c([2H])c([2H])c(-c3nc(Cl)nc(-c4ccccc4-c4cccc5ccccc45)n3)c2[2H])c([2H])c1[2H]. The number of nitrogens with zero attached hydrogens (tertiary/aromatic N) is 3. The van der Waals surface area contributed by atoms with Crippen molar-refractivity contribution in [2.24, 2.45) is 0 Å². The fourth-order valence-electron chi connectivity index (χ4n) is 3.91. The van der Waals surface area contributed by atoms with Gasteiger partial charge in [0, 0.05) is 11.1 Å². The van der Waals surface area contributed by atoms with E-state index in [1.807, 2.05) is 54.6 Å². The molecule has 1 aromatic heterocycles. The molecule has 0 saturated carbocycles. The van der Waals surface area contributed by atoms with Gasteiger partial charge in [0.2, 0.25) is 5.28 Å². The number of rotatable bonds is 4. The predicted octanol–water partition coefficient (Wildman–Crippen LogP) is 8.35. The van der Waals surface area contributed by atoms with Gasteiger partial charge in [-0.15, -0.1) is 0 Å². The van der Waals surface area contributed by atoms with Crippen molar-refractivity contribution in [3.05, 3.63) is 126 Å². The first-order chi connectivity index (χ1) is 21.0. The molecule has 166 valence electrons. The highest BCUT2D eigenvalue weighted by atomic mass is 35.5. The average Bonchev–Trinajstić information content (AvgIpc) is 3.03. The Kier molecular flexibility index (Phi) is 3.53. The standard InChI is InChI=1S/C31H20ClN3/c32-31-34-29(24-15-8-14-23(20-24)21-10-2-1-3-11-21)33-30(35-31)28-18-7-6-17-27(28)26-19-9-13-22-12-4-5-16-25(22)26/h1-20H/i1D,2D,3D,8D,10D,11D,14D,15D,20D. The quantitative estimate of drug-likeness (QED) is 0.255. The second-order valence-corrected chi connectivity index (χ2v) is 7.91. The van der Waals surface area contributed by atoms with Crippen molar-refractivity contribution in [3.8, 4) is 45.0 Å². The van der Waals surface area contributed by atoms with Crippen LogP contribution in [0.1, 0.15) is 12.3 Å². The monoisotopic (exact) mass is 478 g/mol. The molecule has 0 atom stereocenters. The van der Waals surface area contributed by atoms with Gasteiger partial charge in [0.05, 0.1) is 12.3 Å². The summed E-state index contributed by atoms with van der Waals surface area (Å²) in [5, 5.41) is 1.78. The minimum Gasteiger partial charge on any atom is -0.208 e. The van der Waals surface area contributed by atoms with Crippen LogP contribution in [0.25, 0.3) is 55.8 Å². The van der Waals surface area contributed by atoms with Gasteiger partial charge in [0.15, 0.2) is 11.6 Å². The number of fused-ring (bicyclic) bond motifs is 1. The molecule has 0 bridgehead atoms. The molecule has 3 nitrogen and oxygen atoms in total. The van der Waals surface area contributed by atoms with E-state index >= 15 is 0 Å². The molecule has 0 aliphatic rings. The zero-order valence-corrected chi connectivity index (χ0v) is 18.8. The highest BCUT2D eigenvalue weighted by Crippen LogP contribution is 2.36. The average molecular weight is 479 g/mol. The van der Waals surface area contributed by atoms with E-state index in [2.05, 4.69) is 15.0 Å². The van der Waals surface area contributed by atoms with Gasteiger partial charge in [-0.1, -0.05) is 115 Å². The van der Waals surface area contributed by atoms with Crippen molar-refractivity contribution in [3.63, 3.8) is 0 Å². The summed E-state index contributed by atoms with van der Waals surface area (Å²) in [7, 11) is 0. The molecule has 0 radical (unpaired) electrons. The molecular weight excluding hydrogens is 450 g/mol. The van der Waals surface area contributed by atoms with E-state index < -0.39 is 65.5 Å². The smallest absolute Gasteiger partial charge is 0.208 e. The zero-order chi connectivity index (χ0) is 31.4. The minimum absolute atomic E-state index is 0.133. The summed E-state index contributed by atoms with van der Waals surface area (Å²) in [6.07, 6.45) is 0. The van der Waals surface area contributed by atoms with Crippen molar-refractivity contribution < 1.29 is 12.3 Å². The summed E-state index contributed by atoms with van der Waals surface area (Å²) in [6, 6.07) is 15.6. The van der Waals surface area contributed by atoms with Crippen molar-refractivity contribution in [1.29, 1.82) is 0 Å². The van der Waals surface area contributed by atoms with Crippen LogP contribution >= 0.6 is 11.6 Å². The van der Waals surface area contributed by atoms with Crippen LogP contribution in [0.3, 0.4) is 0 Å². The number of hydrogen-bond donors (Lipinski definition) is 0. The zero-order valence-electron chi connectivity index (χ0n) is 27.1. The van der Waals surface area contributed by atoms with Gasteiger partial charge in [0.25, 0.3) is 0 Å². The Bertz CT molecular complexity index is 2120. The number of halogens is 1. The molecule has 0 spiro atoms. The lowest BCUT2D eigenvalue weighted by molar-refractivity contribution is 1.07. The molecule has 4 heteroatoms. The minimum atomic E-state index is -0.654. The second kappa shape index (κ2) is 9.13. The predicted molar refractivity (Wildman–Crippen MR) is 144 cm³/mol. The van der Waals surface area contributed by atoms with Crippen LogP contribution in [0.5, 0.6) is 0 Å². The third-order valence-corrected chi connectivity index (χ3v) is 5.62. The van der Waals surface area contributed by atoms with Crippen LogP contribution in [0.15, 0.2) is 121 Å². The molecule has 0 saturated heterocycles. The fraction of sp³-hybridized carbons (Fsp3) is 0. The lowest BCUT2D eigenvalue weighted by Gasteiger charge is -2.12. The molecule has 0 amide bonds. The van der Waals surface area contributed by atoms with Gasteiger partial charge in [-0.05, 0) is 50.7 Å². The number of benzene rings is 5. The van der Waals surface area contributed by atoms with Crippen molar-refractivity contribution in [2.75, 3.05) is 0 Å². The van der Waals surface area contributed by atoms with Crippen LogP contribution < -0.4 is 0 Å². The molecule has 1 heterocycles. The van der Waals surface area contributed by atoms with Crippen LogP contribution in [-0.2, 0) is 0 Å². The van der Waals surface area contributed by atoms with Crippen LogP contribution in [0.2, 0.25) is 5.28 Å². The van der Waals surface area contributed by atoms with Crippen LogP contribution in [0.4, 0.5) is 0 Å². The maximum absolute atomic E-state index is 9.00. The van der Waals surface area contributed by atoms with Crippen LogP contribution in [0, 0.1) is 0 Å². The molecule has 0 N–H and O–H groups in total. The normalized spacial score (nSPS) is 14.6. The van der Waals surface area contributed by atoms with Crippen molar-refractivity contribution in [2.45, 2.75) is 0 Å². The Hall–Kier alpha value is -4.34. The largest absolute Gasteiger partial charge is 0.226 e. The molecule has 6 aromatic rings. The second-order valence-electron chi connectivity index (χ2n) is 7.57. The maximum Gasteiger partial charge on any atom is 0.226 e. The summed E-state index contributed by atoms with van der Waals surface area (Å²) in [5.41, 5.74) is 1.16. The van der Waals surface area contributed by atoms with E-state index in [1.54, 1.807) is 12.1 Å². The van der Waals surface area contributed by atoms with E-state index in [4.69, 9.17) is 23.9 Å². The van der Waals surface area contributed by atoms with E-state index in [0.717, 1.165) is 21.9 Å². The Morgan fingerprint density at radius 1 is 0.543 bits per heavy atom. The highest BCUT2D eigenvalue weighted by molar-refractivity contribution is 6.28. The summed E-state index contributed by atoms with van der Waals surface area (Å²) in [4.78, 5) is 13.1. The van der Waals surface area contributed by atoms with E-state index in [-0.39, 0.29) is 22.5 Å². The first-order valence-electron chi connectivity index (χ1n) is 15.2. The fourth-order valence-corrected chi connectivity index (χ4v) is 4.07. The van der Waals surface area contributed by atoms with E-state index in [1.165, 1.54) is 0 Å². The van der Waals surface area contributed by atoms with Crippen molar-refractivity contribution >= 4 is 22.4 Å². The Labute approximate surface area is 221 Å². The Morgan fingerprint density at radius 2 is 1.20 bits per heavy atom. The van der Waals surface area contributed by atoms with E-state index in [9.17, 15) is 0 Å². The topological polar surface area (TPSA) is 38.7 Å². The number of hydrogen-bond acceptors (Lipinski definition) is 3. The molecule has 0 fully saturated rings. The molecule has 0 aliphatic heterocycles. The van der Waals surface area contributed by atoms with Gasteiger partial charge < -0.3 is 0 Å². The Morgan fingerprint density at radius 3 is 2.09 bits per heavy atom. The van der Waals surface area contributed by atoms with Gasteiger partial charge in [0.1, 0.15) is 0 Å². The molecule has 5 aromatic carbocycles. The maximum atomic E-state index is 9.00. The van der Waals surface area contributed by atoms with Gasteiger partial charge in [-0.2, -0.15) is 9.97 Å². The third-order valence-electron chi connectivity index (χ3n) is 5.45. The summed E-state index contributed by atoms with van der Waals surface area (Å²) >= 11 is 6.39. The molecule has 0 unspecified atom stereocenters.